The van der Waals surface area contributed by atoms with Gasteiger partial charge in [0.1, 0.15) is 0 Å². The quantitative estimate of drug-likeness (QED) is 0.879. The summed E-state index contributed by atoms with van der Waals surface area (Å²) < 4.78 is 0. The molecular formula is C21H30N4O2. The first kappa shape index (κ1) is 18.4. The highest BCUT2D eigenvalue weighted by Gasteiger charge is 2.57. The Morgan fingerprint density at radius 3 is 2.67 bits per heavy atom. The first-order valence-electron chi connectivity index (χ1n) is 10.3. The van der Waals surface area contributed by atoms with Gasteiger partial charge in [0.2, 0.25) is 5.91 Å². The Labute approximate surface area is 161 Å². The van der Waals surface area contributed by atoms with Gasteiger partial charge in [-0.05, 0) is 38.3 Å². The molecule has 1 unspecified atom stereocenters. The van der Waals surface area contributed by atoms with E-state index >= 15 is 0 Å². The Morgan fingerprint density at radius 2 is 2.00 bits per heavy atom. The van der Waals surface area contributed by atoms with Gasteiger partial charge in [-0.3, -0.25) is 19.5 Å². The summed E-state index contributed by atoms with van der Waals surface area (Å²) in [6.07, 6.45) is 7.38. The van der Waals surface area contributed by atoms with Crippen molar-refractivity contribution in [2.75, 3.05) is 26.2 Å². The predicted octanol–water partition coefficient (Wildman–Crippen LogP) is 1.92. The Hall–Kier alpha value is -1.95. The van der Waals surface area contributed by atoms with Crippen LogP contribution in [0.5, 0.6) is 0 Å². The molecule has 146 valence electrons. The van der Waals surface area contributed by atoms with Crippen LogP contribution in [0.2, 0.25) is 0 Å². The first-order chi connectivity index (χ1) is 13.0. The molecular weight excluding hydrogens is 340 g/mol. The normalized spacial score (nSPS) is 28.2. The van der Waals surface area contributed by atoms with Crippen molar-refractivity contribution >= 4 is 11.8 Å². The van der Waals surface area contributed by atoms with Crippen LogP contribution < -0.4 is 5.32 Å². The second-order valence-electron chi connectivity index (χ2n) is 8.48. The third-order valence-electron chi connectivity index (χ3n) is 6.97. The summed E-state index contributed by atoms with van der Waals surface area (Å²) >= 11 is 0. The Morgan fingerprint density at radius 1 is 1.30 bits per heavy atom. The minimum absolute atomic E-state index is 0.0674. The van der Waals surface area contributed by atoms with Crippen LogP contribution in [-0.2, 0) is 4.79 Å². The molecule has 0 saturated carbocycles. The molecule has 0 bridgehead atoms. The summed E-state index contributed by atoms with van der Waals surface area (Å²) in [6, 6.07) is 4.08. The van der Waals surface area contributed by atoms with E-state index in [9.17, 15) is 9.59 Å². The highest BCUT2D eigenvalue weighted by molar-refractivity contribution is 5.94. The predicted molar refractivity (Wildman–Crippen MR) is 103 cm³/mol. The number of hydrogen-bond acceptors (Lipinski definition) is 4. The third-order valence-corrected chi connectivity index (χ3v) is 6.97. The van der Waals surface area contributed by atoms with Gasteiger partial charge in [0.05, 0.1) is 5.92 Å². The standard InChI is InChI=1S/C21H30N4O2/c1-3-4-15(2)25-13-17-18(14-25)21(23-19(17)26)7-11-24(12-8-21)20(27)16-5-9-22-10-6-16/h5-6,9-10,15,17-18H,3-4,7-8,11-14H2,1-2H3,(H,23,26)/t15?,17-,18+/m1/s1. The zero-order valence-corrected chi connectivity index (χ0v) is 16.4. The molecule has 0 aromatic carbocycles. The second kappa shape index (κ2) is 7.23. The largest absolute Gasteiger partial charge is 0.350 e. The van der Waals surface area contributed by atoms with E-state index in [2.05, 4.69) is 29.0 Å². The maximum Gasteiger partial charge on any atom is 0.253 e. The van der Waals surface area contributed by atoms with Gasteiger partial charge in [0.15, 0.2) is 0 Å². The SMILES string of the molecule is CCCC(C)N1C[C@H]2C(=O)NC3(CCN(C(=O)c4ccncc4)CC3)[C@H]2C1. The van der Waals surface area contributed by atoms with E-state index in [1.807, 2.05) is 4.90 Å². The van der Waals surface area contributed by atoms with E-state index < -0.39 is 0 Å². The van der Waals surface area contributed by atoms with E-state index in [-0.39, 0.29) is 23.3 Å². The molecule has 27 heavy (non-hydrogen) atoms. The van der Waals surface area contributed by atoms with Crippen molar-refractivity contribution < 1.29 is 9.59 Å². The van der Waals surface area contributed by atoms with Crippen molar-refractivity contribution in [2.24, 2.45) is 11.8 Å². The van der Waals surface area contributed by atoms with Gasteiger partial charge >= 0.3 is 0 Å². The van der Waals surface area contributed by atoms with Crippen molar-refractivity contribution in [3.05, 3.63) is 30.1 Å². The topological polar surface area (TPSA) is 65.5 Å². The summed E-state index contributed by atoms with van der Waals surface area (Å²) in [5.74, 6) is 0.784. The molecule has 3 fully saturated rings. The number of amides is 2. The number of nitrogens with zero attached hydrogens (tertiary/aromatic N) is 3. The number of aromatic nitrogens is 1. The van der Waals surface area contributed by atoms with Crippen molar-refractivity contribution in [3.63, 3.8) is 0 Å². The lowest BCUT2D eigenvalue weighted by Gasteiger charge is -2.43. The lowest BCUT2D eigenvalue weighted by atomic mass is 9.75. The van der Waals surface area contributed by atoms with Gasteiger partial charge in [0.25, 0.3) is 5.91 Å². The number of fused-ring (bicyclic) bond motifs is 2. The minimum Gasteiger partial charge on any atom is -0.350 e. The molecule has 4 heterocycles. The van der Waals surface area contributed by atoms with Crippen LogP contribution >= 0.6 is 0 Å². The van der Waals surface area contributed by atoms with Gasteiger partial charge < -0.3 is 10.2 Å². The number of carbonyl (C=O) groups excluding carboxylic acids is 2. The number of rotatable bonds is 4. The lowest BCUT2D eigenvalue weighted by Crippen LogP contribution is -2.56. The van der Waals surface area contributed by atoms with Crippen LogP contribution in [0.25, 0.3) is 0 Å². The fourth-order valence-electron chi connectivity index (χ4n) is 5.33. The zero-order valence-electron chi connectivity index (χ0n) is 16.4. The fourth-order valence-corrected chi connectivity index (χ4v) is 5.33. The number of hydrogen-bond donors (Lipinski definition) is 1. The Kier molecular flexibility index (Phi) is 4.93. The van der Waals surface area contributed by atoms with Crippen LogP contribution in [0.4, 0.5) is 0 Å². The van der Waals surface area contributed by atoms with Crippen molar-refractivity contribution in [2.45, 2.75) is 51.1 Å². The van der Waals surface area contributed by atoms with Crippen LogP contribution in [0.3, 0.4) is 0 Å². The Bertz CT molecular complexity index is 699. The van der Waals surface area contributed by atoms with Gasteiger partial charge in [0, 0.05) is 61.6 Å². The molecule has 6 nitrogen and oxygen atoms in total. The van der Waals surface area contributed by atoms with Crippen molar-refractivity contribution in [3.8, 4) is 0 Å². The number of pyridine rings is 1. The van der Waals surface area contributed by atoms with Crippen molar-refractivity contribution in [1.29, 1.82) is 0 Å². The van der Waals surface area contributed by atoms with Crippen LogP contribution in [0.1, 0.15) is 49.9 Å². The number of piperidine rings is 1. The molecule has 3 atom stereocenters. The molecule has 1 N–H and O–H groups in total. The van der Waals surface area contributed by atoms with E-state index in [1.54, 1.807) is 24.5 Å². The summed E-state index contributed by atoms with van der Waals surface area (Å²) in [5.41, 5.74) is 0.562. The average molecular weight is 370 g/mol. The second-order valence-corrected chi connectivity index (χ2v) is 8.48. The average Bonchev–Trinajstić information content (AvgIpc) is 3.24. The highest BCUT2D eigenvalue weighted by Crippen LogP contribution is 2.44. The zero-order chi connectivity index (χ0) is 19.0. The van der Waals surface area contributed by atoms with Crippen molar-refractivity contribution in [1.82, 2.24) is 20.1 Å². The monoisotopic (exact) mass is 370 g/mol. The van der Waals surface area contributed by atoms with Gasteiger partial charge in [-0.2, -0.15) is 0 Å². The fraction of sp³-hybridized carbons (Fsp3) is 0.667. The number of likely N-dealkylation sites (tertiary alicyclic amines) is 2. The molecule has 1 aromatic heterocycles. The molecule has 0 radical (unpaired) electrons. The molecule has 3 aliphatic heterocycles. The number of nitrogens with one attached hydrogen (secondary N) is 1. The Balaban J connectivity index is 1.43. The molecule has 0 aliphatic carbocycles. The minimum atomic E-state index is -0.128. The van der Waals surface area contributed by atoms with Gasteiger partial charge in [-0.1, -0.05) is 13.3 Å². The summed E-state index contributed by atoms with van der Waals surface area (Å²) in [5, 5.41) is 3.35. The molecule has 2 amide bonds. The van der Waals surface area contributed by atoms with E-state index in [4.69, 9.17) is 0 Å². The summed E-state index contributed by atoms with van der Waals surface area (Å²) in [6.45, 7) is 7.80. The lowest BCUT2D eigenvalue weighted by molar-refractivity contribution is -0.123. The van der Waals surface area contributed by atoms with Crippen LogP contribution in [0.15, 0.2) is 24.5 Å². The molecule has 4 rings (SSSR count). The van der Waals surface area contributed by atoms with E-state index in [1.165, 1.54) is 12.8 Å². The third kappa shape index (κ3) is 3.24. The molecule has 1 spiro atoms. The number of carbonyl (C=O) groups is 2. The van der Waals surface area contributed by atoms with Gasteiger partial charge in [-0.25, -0.2) is 0 Å². The summed E-state index contributed by atoms with van der Waals surface area (Å²) in [7, 11) is 0. The molecule has 3 saturated heterocycles. The summed E-state index contributed by atoms with van der Waals surface area (Å²) in [4.78, 5) is 33.8. The maximum atomic E-state index is 12.7. The van der Waals surface area contributed by atoms with E-state index in [0.29, 0.717) is 30.6 Å². The van der Waals surface area contributed by atoms with Gasteiger partial charge in [-0.15, -0.1) is 0 Å². The molecule has 3 aliphatic rings. The maximum absolute atomic E-state index is 12.7. The van der Waals surface area contributed by atoms with Crippen LogP contribution in [0, 0.1) is 11.8 Å². The smallest absolute Gasteiger partial charge is 0.253 e. The highest BCUT2D eigenvalue weighted by atomic mass is 16.2. The molecule has 6 heteroatoms. The van der Waals surface area contributed by atoms with Crippen LogP contribution in [-0.4, -0.2) is 64.4 Å². The van der Waals surface area contributed by atoms with E-state index in [0.717, 1.165) is 25.9 Å². The molecule has 1 aromatic rings. The first-order valence-corrected chi connectivity index (χ1v) is 10.3.